The number of aryl methyl sites for hydroxylation is 1. The van der Waals surface area contributed by atoms with Crippen molar-refractivity contribution in [2.24, 2.45) is 17.1 Å². The van der Waals surface area contributed by atoms with E-state index in [2.05, 4.69) is 73.8 Å². The highest BCUT2D eigenvalue weighted by molar-refractivity contribution is 5.94. The van der Waals surface area contributed by atoms with Crippen molar-refractivity contribution in [2.45, 2.75) is 97.7 Å². The molecule has 9 heteroatoms. The monoisotopic (exact) mass is 614 g/mol. The molecule has 6 rings (SSSR count). The number of piperidine rings is 1. The van der Waals surface area contributed by atoms with E-state index in [1.54, 1.807) is 5.01 Å². The molecule has 3 aromatic rings. The van der Waals surface area contributed by atoms with Gasteiger partial charge in [0.05, 0.1) is 24.0 Å². The predicted molar refractivity (Wildman–Crippen MR) is 179 cm³/mol. The van der Waals surface area contributed by atoms with Crippen LogP contribution in [0.25, 0.3) is 22.2 Å². The largest absolute Gasteiger partial charge is 0.464 e. The first-order chi connectivity index (χ1) is 21.6. The Labute approximate surface area is 267 Å². The quantitative estimate of drug-likeness (QED) is 0.381. The van der Waals surface area contributed by atoms with Crippen molar-refractivity contribution in [2.75, 3.05) is 31.1 Å². The summed E-state index contributed by atoms with van der Waals surface area (Å²) in [5, 5.41) is 2.80. The average Bonchev–Trinajstić information content (AvgIpc) is 3.34. The van der Waals surface area contributed by atoms with Crippen LogP contribution in [0.2, 0.25) is 0 Å². The topological polar surface area (TPSA) is 106 Å². The van der Waals surface area contributed by atoms with Gasteiger partial charge in [0, 0.05) is 59.9 Å². The van der Waals surface area contributed by atoms with Crippen molar-refractivity contribution >= 4 is 28.5 Å². The molecule has 0 spiro atoms. The van der Waals surface area contributed by atoms with Crippen molar-refractivity contribution in [3.8, 4) is 11.3 Å². The fourth-order valence-corrected chi connectivity index (χ4v) is 7.67. The molecular weight excluding hydrogens is 564 g/mol. The molecule has 6 bridgehead atoms. The van der Waals surface area contributed by atoms with E-state index in [-0.39, 0.29) is 29.8 Å². The van der Waals surface area contributed by atoms with Crippen LogP contribution in [0.15, 0.2) is 36.5 Å². The number of esters is 1. The normalized spacial score (nSPS) is 24.6. The number of carbonyl (C=O) groups is 2. The Balaban J connectivity index is 1.49. The second kappa shape index (κ2) is 12.8. The number of cyclic esters (lactones) is 1. The maximum Gasteiger partial charge on any atom is 0.324 e. The number of hydrogen-bond acceptors (Lipinski definition) is 7. The third-order valence-electron chi connectivity index (χ3n) is 9.89. The van der Waals surface area contributed by atoms with Gasteiger partial charge in [-0.3, -0.25) is 19.6 Å². The number of aromatic nitrogens is 2. The number of nitrogens with two attached hydrogens (primary N) is 1. The molecule has 0 aliphatic carbocycles. The van der Waals surface area contributed by atoms with Crippen molar-refractivity contribution in [3.63, 3.8) is 0 Å². The molecular formula is C36H50N6O3. The van der Waals surface area contributed by atoms with E-state index in [4.69, 9.17) is 15.5 Å². The number of anilines is 1. The number of hydrazine groups is 1. The second-order valence-corrected chi connectivity index (χ2v) is 14.4. The highest BCUT2D eigenvalue weighted by Crippen LogP contribution is 2.42. The van der Waals surface area contributed by atoms with Crippen LogP contribution < -0.4 is 16.1 Å². The number of rotatable bonds is 3. The van der Waals surface area contributed by atoms with Gasteiger partial charge in [-0.25, -0.2) is 5.43 Å². The molecule has 1 aromatic carbocycles. The van der Waals surface area contributed by atoms with Gasteiger partial charge in [0.15, 0.2) is 0 Å². The number of benzene rings is 1. The summed E-state index contributed by atoms with van der Waals surface area (Å²) in [7, 11) is 0. The number of amides is 1. The minimum Gasteiger partial charge on any atom is -0.464 e. The number of carbonyl (C=O) groups excluding carboxylic acids is 2. The summed E-state index contributed by atoms with van der Waals surface area (Å²) in [6.45, 7) is 14.5. The Morgan fingerprint density at radius 2 is 1.93 bits per heavy atom. The van der Waals surface area contributed by atoms with Gasteiger partial charge in [-0.2, -0.15) is 0 Å². The summed E-state index contributed by atoms with van der Waals surface area (Å²) in [6.07, 6.45) is 6.72. The Hall–Kier alpha value is -3.43. The fraction of sp³-hybridized carbons (Fsp3) is 0.583. The molecule has 3 aliphatic rings. The lowest BCUT2D eigenvalue weighted by Gasteiger charge is -2.37. The van der Waals surface area contributed by atoms with Gasteiger partial charge in [0.1, 0.15) is 6.04 Å². The Morgan fingerprint density at radius 3 is 2.71 bits per heavy atom. The molecule has 0 saturated carbocycles. The number of hydrogen-bond donors (Lipinski definition) is 2. The lowest BCUT2D eigenvalue weighted by molar-refractivity contribution is -0.155. The molecule has 2 fully saturated rings. The van der Waals surface area contributed by atoms with Crippen LogP contribution in [0, 0.1) is 11.3 Å². The van der Waals surface area contributed by atoms with Gasteiger partial charge in [-0.1, -0.05) is 27.7 Å². The number of pyridine rings is 1. The van der Waals surface area contributed by atoms with E-state index in [1.807, 2.05) is 12.3 Å². The number of nitrogens with zero attached hydrogens (tertiary/aromatic N) is 4. The molecule has 3 N–H and O–H groups in total. The molecule has 2 aromatic heterocycles. The van der Waals surface area contributed by atoms with Gasteiger partial charge in [-0.15, -0.1) is 0 Å². The molecule has 5 heterocycles. The Kier molecular flexibility index (Phi) is 8.94. The first kappa shape index (κ1) is 31.5. The van der Waals surface area contributed by atoms with Crippen LogP contribution in [0.3, 0.4) is 0 Å². The van der Waals surface area contributed by atoms with E-state index in [1.165, 1.54) is 33.4 Å². The summed E-state index contributed by atoms with van der Waals surface area (Å²) in [5.41, 5.74) is 16.5. The lowest BCUT2D eigenvalue weighted by Crippen LogP contribution is -2.59. The average molecular weight is 615 g/mol. The molecule has 2 saturated heterocycles. The van der Waals surface area contributed by atoms with E-state index in [0.717, 1.165) is 51.0 Å². The maximum absolute atomic E-state index is 13.4. The Morgan fingerprint density at radius 1 is 1.13 bits per heavy atom. The lowest BCUT2D eigenvalue weighted by atomic mass is 9.84. The summed E-state index contributed by atoms with van der Waals surface area (Å²) in [5.74, 6) is 0.135. The van der Waals surface area contributed by atoms with E-state index >= 15 is 0 Å². The van der Waals surface area contributed by atoms with Gasteiger partial charge in [0.2, 0.25) is 0 Å². The minimum atomic E-state index is -0.611. The zero-order valence-corrected chi connectivity index (χ0v) is 27.6. The van der Waals surface area contributed by atoms with E-state index < -0.39 is 12.1 Å². The second-order valence-electron chi connectivity index (χ2n) is 14.4. The van der Waals surface area contributed by atoms with Gasteiger partial charge in [-0.05, 0) is 93.2 Å². The third-order valence-corrected chi connectivity index (χ3v) is 9.89. The highest BCUT2D eigenvalue weighted by Gasteiger charge is 2.35. The summed E-state index contributed by atoms with van der Waals surface area (Å²) >= 11 is 0. The minimum absolute atomic E-state index is 0.137. The highest BCUT2D eigenvalue weighted by atomic mass is 16.5. The van der Waals surface area contributed by atoms with Crippen LogP contribution in [-0.2, 0) is 27.3 Å². The molecule has 3 aliphatic heterocycles. The number of nitrogens with one attached hydrogen (secondary N) is 1. The van der Waals surface area contributed by atoms with Crippen molar-refractivity contribution in [1.29, 1.82) is 0 Å². The molecule has 0 radical (unpaired) electrons. The third kappa shape index (κ3) is 6.34. The number of ether oxygens (including phenoxy) is 1. The number of fused-ring (bicyclic) bond motifs is 6. The first-order valence-electron chi connectivity index (χ1n) is 16.9. The molecule has 0 unspecified atom stereocenters. The van der Waals surface area contributed by atoms with Crippen molar-refractivity contribution in [1.82, 2.24) is 20.0 Å². The predicted octanol–water partition coefficient (Wildman–Crippen LogP) is 5.40. The van der Waals surface area contributed by atoms with Crippen LogP contribution in [0.5, 0.6) is 0 Å². The van der Waals surface area contributed by atoms with E-state index in [0.29, 0.717) is 25.3 Å². The molecule has 45 heavy (non-hydrogen) atoms. The molecule has 9 nitrogen and oxygen atoms in total. The zero-order chi connectivity index (χ0) is 31.9. The van der Waals surface area contributed by atoms with Gasteiger partial charge < -0.3 is 19.9 Å². The van der Waals surface area contributed by atoms with Gasteiger partial charge >= 0.3 is 5.97 Å². The standard InChI is InChI=1S/C36H50N6O3/c1-6-41-31-14-13-25-19-27(31)28(33(41)26-11-7-15-38-32(26)23(2)3)20-36(4,5)22-45-35(44)30-12-9-17-42(39-30)34(43)29(37)18-24-10-8-16-40(25)21-24/h7,11,13-15,19,23-24,29-30,39H,6,8-10,12,16-18,20-22,37H2,1-5H3/t24-,29-,30-/m0/s1. The van der Waals surface area contributed by atoms with E-state index in [9.17, 15) is 9.59 Å². The zero-order valence-electron chi connectivity index (χ0n) is 27.6. The van der Waals surface area contributed by atoms with Gasteiger partial charge in [0.25, 0.3) is 5.91 Å². The molecule has 242 valence electrons. The van der Waals surface area contributed by atoms with Crippen molar-refractivity contribution in [3.05, 3.63) is 47.8 Å². The SMILES string of the molecule is CCn1c(-c2cccnc2C(C)C)c2c3cc(ccc31)N1CCC[C@@H](C[C@H](N)C(=O)N3CCC[C@H](N3)C(=O)OCC(C)(C)C2)C1. The fourth-order valence-electron chi connectivity index (χ4n) is 7.67. The smallest absolute Gasteiger partial charge is 0.324 e. The first-order valence-corrected chi connectivity index (χ1v) is 16.9. The van der Waals surface area contributed by atoms with Crippen LogP contribution in [0.1, 0.15) is 83.9 Å². The summed E-state index contributed by atoms with van der Waals surface area (Å²) in [4.78, 5) is 34.1. The maximum atomic E-state index is 13.4. The molecule has 3 atom stereocenters. The van der Waals surface area contributed by atoms with Crippen LogP contribution in [-0.4, -0.2) is 64.8 Å². The Bertz CT molecular complexity index is 1560. The summed E-state index contributed by atoms with van der Waals surface area (Å²) < 4.78 is 8.44. The van der Waals surface area contributed by atoms with Crippen LogP contribution in [0.4, 0.5) is 5.69 Å². The molecule has 1 amide bonds. The van der Waals surface area contributed by atoms with Crippen LogP contribution >= 0.6 is 0 Å². The summed E-state index contributed by atoms with van der Waals surface area (Å²) in [6, 6.07) is 9.97. The van der Waals surface area contributed by atoms with Crippen molar-refractivity contribution < 1.29 is 14.3 Å².